The molecule has 2 N–H and O–H groups in total. The minimum atomic E-state index is -0.707. The number of ether oxygens (including phenoxy) is 1. The SMILES string of the molecule is CC(C)O[C@@H]1CNC[C@@H](CCC(=O)O)C1. The van der Waals surface area contributed by atoms with E-state index >= 15 is 0 Å². The number of aliphatic carboxylic acids is 1. The Morgan fingerprint density at radius 2 is 2.27 bits per heavy atom. The lowest BCUT2D eigenvalue weighted by atomic mass is 9.93. The summed E-state index contributed by atoms with van der Waals surface area (Å²) >= 11 is 0. The van der Waals surface area contributed by atoms with Crippen molar-refractivity contribution in [2.24, 2.45) is 5.92 Å². The molecule has 0 aromatic rings. The first-order valence-electron chi connectivity index (χ1n) is 5.66. The molecule has 88 valence electrons. The van der Waals surface area contributed by atoms with E-state index in [1.165, 1.54) is 0 Å². The molecule has 4 nitrogen and oxygen atoms in total. The Hall–Kier alpha value is -0.610. The van der Waals surface area contributed by atoms with Crippen molar-refractivity contribution < 1.29 is 14.6 Å². The number of carboxylic acid groups (broad SMARTS) is 1. The second kappa shape index (κ2) is 6.08. The van der Waals surface area contributed by atoms with Gasteiger partial charge in [-0.05, 0) is 39.2 Å². The van der Waals surface area contributed by atoms with Gasteiger partial charge < -0.3 is 15.2 Å². The molecule has 0 bridgehead atoms. The van der Waals surface area contributed by atoms with Gasteiger partial charge in [0.05, 0.1) is 12.2 Å². The molecule has 0 radical (unpaired) electrons. The summed E-state index contributed by atoms with van der Waals surface area (Å²) in [5.41, 5.74) is 0. The van der Waals surface area contributed by atoms with E-state index in [4.69, 9.17) is 9.84 Å². The summed E-state index contributed by atoms with van der Waals surface area (Å²) in [6.45, 7) is 5.87. The van der Waals surface area contributed by atoms with E-state index in [1.807, 2.05) is 13.8 Å². The molecule has 0 spiro atoms. The molecule has 4 heteroatoms. The van der Waals surface area contributed by atoms with Gasteiger partial charge in [0, 0.05) is 13.0 Å². The van der Waals surface area contributed by atoms with Gasteiger partial charge in [0.2, 0.25) is 0 Å². The molecule has 1 fully saturated rings. The van der Waals surface area contributed by atoms with Crippen molar-refractivity contribution in [3.63, 3.8) is 0 Å². The number of carbonyl (C=O) groups is 1. The Labute approximate surface area is 91.0 Å². The number of hydrogen-bond donors (Lipinski definition) is 2. The molecule has 1 aliphatic rings. The molecule has 1 aliphatic heterocycles. The van der Waals surface area contributed by atoms with Crippen molar-refractivity contribution in [3.8, 4) is 0 Å². The summed E-state index contributed by atoms with van der Waals surface area (Å²) < 4.78 is 5.72. The smallest absolute Gasteiger partial charge is 0.303 e. The van der Waals surface area contributed by atoms with Crippen molar-refractivity contribution >= 4 is 5.97 Å². The molecular weight excluding hydrogens is 194 g/mol. The minimum absolute atomic E-state index is 0.245. The van der Waals surface area contributed by atoms with Gasteiger partial charge in [0.1, 0.15) is 0 Å². The van der Waals surface area contributed by atoms with Gasteiger partial charge in [-0.25, -0.2) is 0 Å². The van der Waals surface area contributed by atoms with Crippen molar-refractivity contribution in [1.29, 1.82) is 0 Å². The number of rotatable bonds is 5. The van der Waals surface area contributed by atoms with E-state index in [1.54, 1.807) is 0 Å². The summed E-state index contributed by atoms with van der Waals surface area (Å²) in [5, 5.41) is 11.9. The molecule has 2 atom stereocenters. The maximum atomic E-state index is 10.4. The lowest BCUT2D eigenvalue weighted by Gasteiger charge is -2.31. The highest BCUT2D eigenvalue weighted by Gasteiger charge is 2.23. The molecule has 1 saturated heterocycles. The van der Waals surface area contributed by atoms with Crippen LogP contribution in [0.4, 0.5) is 0 Å². The van der Waals surface area contributed by atoms with Crippen molar-refractivity contribution in [2.75, 3.05) is 13.1 Å². The molecule has 0 aliphatic carbocycles. The number of piperidine rings is 1. The van der Waals surface area contributed by atoms with Gasteiger partial charge in [-0.3, -0.25) is 4.79 Å². The second-order valence-corrected chi connectivity index (χ2v) is 4.50. The summed E-state index contributed by atoms with van der Waals surface area (Å²) in [6.07, 6.45) is 2.49. The van der Waals surface area contributed by atoms with Crippen molar-refractivity contribution in [2.45, 2.75) is 45.3 Å². The highest BCUT2D eigenvalue weighted by atomic mass is 16.5. The summed E-state index contributed by atoms with van der Waals surface area (Å²) in [4.78, 5) is 10.4. The Morgan fingerprint density at radius 1 is 1.53 bits per heavy atom. The van der Waals surface area contributed by atoms with Gasteiger partial charge in [-0.1, -0.05) is 0 Å². The first-order valence-corrected chi connectivity index (χ1v) is 5.66. The molecular formula is C11H21NO3. The van der Waals surface area contributed by atoms with Gasteiger partial charge in [-0.2, -0.15) is 0 Å². The largest absolute Gasteiger partial charge is 0.481 e. The van der Waals surface area contributed by atoms with E-state index in [2.05, 4.69) is 5.32 Å². The van der Waals surface area contributed by atoms with Crippen LogP contribution in [0.2, 0.25) is 0 Å². The lowest BCUT2D eigenvalue weighted by molar-refractivity contribution is -0.137. The fourth-order valence-corrected chi connectivity index (χ4v) is 2.02. The van der Waals surface area contributed by atoms with E-state index < -0.39 is 5.97 Å². The number of hydrogen-bond acceptors (Lipinski definition) is 3. The minimum Gasteiger partial charge on any atom is -0.481 e. The molecule has 1 heterocycles. The van der Waals surface area contributed by atoms with E-state index in [0.717, 1.165) is 25.9 Å². The van der Waals surface area contributed by atoms with Crippen molar-refractivity contribution in [1.82, 2.24) is 5.32 Å². The Kier molecular flexibility index (Phi) is 5.05. The van der Waals surface area contributed by atoms with Gasteiger partial charge in [-0.15, -0.1) is 0 Å². The van der Waals surface area contributed by atoms with Crippen LogP contribution in [0.3, 0.4) is 0 Å². The molecule has 0 saturated carbocycles. The van der Waals surface area contributed by atoms with Gasteiger partial charge in [0.25, 0.3) is 0 Å². The van der Waals surface area contributed by atoms with Crippen LogP contribution >= 0.6 is 0 Å². The third-order valence-corrected chi connectivity index (χ3v) is 2.63. The standard InChI is InChI=1S/C11H21NO3/c1-8(2)15-10-5-9(6-12-7-10)3-4-11(13)14/h8-10,12H,3-7H2,1-2H3,(H,13,14)/t9-,10-/m0/s1. The maximum Gasteiger partial charge on any atom is 0.303 e. The zero-order chi connectivity index (χ0) is 11.3. The van der Waals surface area contributed by atoms with Crippen LogP contribution < -0.4 is 5.32 Å². The van der Waals surface area contributed by atoms with Crippen LogP contribution in [-0.2, 0) is 9.53 Å². The van der Waals surface area contributed by atoms with Crippen LogP contribution in [0.25, 0.3) is 0 Å². The fraction of sp³-hybridized carbons (Fsp3) is 0.909. The summed E-state index contributed by atoms with van der Waals surface area (Å²) in [6, 6.07) is 0. The predicted octanol–water partition coefficient (Wildman–Crippen LogP) is 1.25. The van der Waals surface area contributed by atoms with Crippen LogP contribution in [0.1, 0.15) is 33.1 Å². The third kappa shape index (κ3) is 5.14. The fourth-order valence-electron chi connectivity index (χ4n) is 2.02. The Balaban J connectivity index is 2.25. The topological polar surface area (TPSA) is 58.6 Å². The summed E-state index contributed by atoms with van der Waals surface area (Å²) in [5.74, 6) is -0.263. The first kappa shape index (κ1) is 12.5. The van der Waals surface area contributed by atoms with E-state index in [0.29, 0.717) is 5.92 Å². The van der Waals surface area contributed by atoms with Crippen LogP contribution in [0.15, 0.2) is 0 Å². The van der Waals surface area contributed by atoms with E-state index in [-0.39, 0.29) is 18.6 Å². The Bertz CT molecular complexity index is 206. The number of nitrogens with one attached hydrogen (secondary N) is 1. The van der Waals surface area contributed by atoms with E-state index in [9.17, 15) is 4.79 Å². The van der Waals surface area contributed by atoms with Crippen LogP contribution in [-0.4, -0.2) is 36.4 Å². The predicted molar refractivity (Wildman–Crippen MR) is 57.9 cm³/mol. The third-order valence-electron chi connectivity index (χ3n) is 2.63. The molecule has 0 amide bonds. The quantitative estimate of drug-likeness (QED) is 0.724. The lowest BCUT2D eigenvalue weighted by Crippen LogP contribution is -2.41. The molecule has 0 aromatic heterocycles. The first-order chi connectivity index (χ1) is 7.08. The highest BCUT2D eigenvalue weighted by molar-refractivity contribution is 5.66. The maximum absolute atomic E-state index is 10.4. The van der Waals surface area contributed by atoms with Gasteiger partial charge in [0.15, 0.2) is 0 Å². The van der Waals surface area contributed by atoms with Crippen LogP contribution in [0.5, 0.6) is 0 Å². The zero-order valence-electron chi connectivity index (χ0n) is 9.53. The molecule has 0 aromatic carbocycles. The Morgan fingerprint density at radius 3 is 2.87 bits per heavy atom. The average molecular weight is 215 g/mol. The second-order valence-electron chi connectivity index (χ2n) is 4.50. The highest BCUT2D eigenvalue weighted by Crippen LogP contribution is 2.19. The van der Waals surface area contributed by atoms with Crippen LogP contribution in [0, 0.1) is 5.92 Å². The normalized spacial score (nSPS) is 26.9. The average Bonchev–Trinajstić information content (AvgIpc) is 2.14. The number of carboxylic acids is 1. The zero-order valence-corrected chi connectivity index (χ0v) is 9.53. The molecule has 0 unspecified atom stereocenters. The monoisotopic (exact) mass is 215 g/mol. The van der Waals surface area contributed by atoms with Crippen molar-refractivity contribution in [3.05, 3.63) is 0 Å². The molecule has 1 rings (SSSR count). The summed E-state index contributed by atoms with van der Waals surface area (Å²) in [7, 11) is 0. The van der Waals surface area contributed by atoms with Gasteiger partial charge >= 0.3 is 5.97 Å². The molecule has 15 heavy (non-hydrogen) atoms.